The molecule has 4 nitrogen and oxygen atoms in total. The lowest BCUT2D eigenvalue weighted by Gasteiger charge is -2.32. The van der Waals surface area contributed by atoms with Crippen molar-refractivity contribution in [1.82, 2.24) is 4.90 Å². The summed E-state index contributed by atoms with van der Waals surface area (Å²) in [5, 5.41) is 9.66. The molecule has 3 rings (SSSR count). The first-order chi connectivity index (χ1) is 10.4. The summed E-state index contributed by atoms with van der Waals surface area (Å²) in [5.74, 6) is -1.66. The Hall–Kier alpha value is -1.85. The average molecular weight is 381 g/mol. The van der Waals surface area contributed by atoms with Gasteiger partial charge in [0.25, 0.3) is 5.91 Å². The quantitative estimate of drug-likeness (QED) is 0.654. The van der Waals surface area contributed by atoms with Crippen molar-refractivity contribution in [2.75, 3.05) is 0 Å². The highest BCUT2D eigenvalue weighted by atomic mass is 79.9. The van der Waals surface area contributed by atoms with Crippen molar-refractivity contribution >= 4 is 39.4 Å². The molecule has 0 aromatic heterocycles. The van der Waals surface area contributed by atoms with Crippen LogP contribution >= 0.6 is 27.5 Å². The van der Waals surface area contributed by atoms with E-state index in [0.717, 1.165) is 10.0 Å². The van der Waals surface area contributed by atoms with Crippen LogP contribution in [0.5, 0.6) is 0 Å². The molecule has 0 radical (unpaired) electrons. The lowest BCUT2D eigenvalue weighted by molar-refractivity contribution is -0.145. The standard InChI is InChI=1S/C16H11BrClNO3/c17-12-6-7-13-10(8-12)9-19(14(13)20)16(18,15(21)22)11-4-2-1-3-5-11/h1-8H,9H2,(H,21,22). The van der Waals surface area contributed by atoms with Crippen molar-refractivity contribution in [3.63, 3.8) is 0 Å². The number of hydrogen-bond acceptors (Lipinski definition) is 2. The van der Waals surface area contributed by atoms with Crippen molar-refractivity contribution < 1.29 is 14.7 Å². The highest BCUT2D eigenvalue weighted by Gasteiger charge is 2.49. The van der Waals surface area contributed by atoms with E-state index in [2.05, 4.69) is 15.9 Å². The number of halogens is 2. The minimum absolute atomic E-state index is 0.151. The summed E-state index contributed by atoms with van der Waals surface area (Å²) in [6.07, 6.45) is 0. The predicted octanol–water partition coefficient (Wildman–Crippen LogP) is 3.58. The fourth-order valence-electron chi connectivity index (χ4n) is 2.59. The van der Waals surface area contributed by atoms with Gasteiger partial charge in [-0.3, -0.25) is 4.79 Å². The third-order valence-electron chi connectivity index (χ3n) is 3.68. The Kier molecular flexibility index (Phi) is 3.70. The molecule has 2 aromatic rings. The summed E-state index contributed by atoms with van der Waals surface area (Å²) in [4.78, 5) is 23.7. The average Bonchev–Trinajstić information content (AvgIpc) is 2.83. The van der Waals surface area contributed by atoms with Crippen molar-refractivity contribution in [1.29, 1.82) is 0 Å². The van der Waals surface area contributed by atoms with E-state index in [9.17, 15) is 14.7 Å². The zero-order chi connectivity index (χ0) is 15.9. The molecule has 0 saturated carbocycles. The molecule has 0 aliphatic carbocycles. The second kappa shape index (κ2) is 5.41. The van der Waals surface area contributed by atoms with Gasteiger partial charge in [0.15, 0.2) is 0 Å². The molecular formula is C16H11BrClNO3. The molecule has 1 atom stereocenters. The molecule has 1 unspecified atom stereocenters. The fourth-order valence-corrected chi connectivity index (χ4v) is 3.26. The topological polar surface area (TPSA) is 57.6 Å². The second-order valence-electron chi connectivity index (χ2n) is 4.99. The van der Waals surface area contributed by atoms with E-state index in [4.69, 9.17) is 11.6 Å². The Morgan fingerprint density at radius 3 is 2.55 bits per heavy atom. The molecule has 1 aliphatic rings. The summed E-state index contributed by atoms with van der Waals surface area (Å²) in [5.41, 5.74) is 1.58. The fraction of sp³-hybridized carbons (Fsp3) is 0.125. The van der Waals surface area contributed by atoms with Crippen molar-refractivity contribution in [3.8, 4) is 0 Å². The molecule has 1 N–H and O–H groups in total. The van der Waals surface area contributed by atoms with Crippen LogP contribution in [0.15, 0.2) is 53.0 Å². The number of benzene rings is 2. The smallest absolute Gasteiger partial charge is 0.350 e. The van der Waals surface area contributed by atoms with Crippen LogP contribution < -0.4 is 0 Å². The van der Waals surface area contributed by atoms with Crippen molar-refractivity contribution in [2.45, 2.75) is 11.5 Å². The molecule has 0 saturated heterocycles. The number of amides is 1. The van der Waals surface area contributed by atoms with Crippen LogP contribution in [0.25, 0.3) is 0 Å². The molecule has 22 heavy (non-hydrogen) atoms. The van der Waals surface area contributed by atoms with Gasteiger partial charge in [-0.25, -0.2) is 4.79 Å². The van der Waals surface area contributed by atoms with E-state index in [-0.39, 0.29) is 12.5 Å². The third kappa shape index (κ3) is 2.21. The molecule has 1 heterocycles. The zero-order valence-corrected chi connectivity index (χ0v) is 13.6. The molecule has 6 heteroatoms. The van der Waals surface area contributed by atoms with Gasteiger partial charge in [-0.1, -0.05) is 57.9 Å². The Balaban J connectivity index is 2.09. The first-order valence-corrected chi connectivity index (χ1v) is 7.70. The maximum absolute atomic E-state index is 12.6. The lowest BCUT2D eigenvalue weighted by Crippen LogP contribution is -2.48. The first-order valence-electron chi connectivity index (χ1n) is 6.53. The van der Waals surface area contributed by atoms with E-state index in [1.165, 1.54) is 4.90 Å². The molecule has 0 bridgehead atoms. The van der Waals surface area contributed by atoms with Crippen LogP contribution in [0.1, 0.15) is 21.5 Å². The number of carboxylic acid groups (broad SMARTS) is 1. The van der Waals surface area contributed by atoms with Crippen LogP contribution in [0, 0.1) is 0 Å². The Morgan fingerprint density at radius 2 is 1.91 bits per heavy atom. The van der Waals surface area contributed by atoms with Gasteiger partial charge in [0.2, 0.25) is 5.00 Å². The number of fused-ring (bicyclic) bond motifs is 1. The molecule has 1 aliphatic heterocycles. The number of nitrogens with zero attached hydrogens (tertiary/aromatic N) is 1. The van der Waals surface area contributed by atoms with Gasteiger partial charge >= 0.3 is 5.97 Å². The van der Waals surface area contributed by atoms with Crippen LogP contribution in [0.4, 0.5) is 0 Å². The van der Waals surface area contributed by atoms with Crippen molar-refractivity contribution in [2.24, 2.45) is 0 Å². The number of carbonyl (C=O) groups is 2. The molecule has 1 amide bonds. The maximum Gasteiger partial charge on any atom is 0.350 e. The van der Waals surface area contributed by atoms with Crippen LogP contribution in [0.3, 0.4) is 0 Å². The Labute approximate surface area is 140 Å². The summed E-state index contributed by atoms with van der Waals surface area (Å²) >= 11 is 9.77. The predicted molar refractivity (Wildman–Crippen MR) is 85.6 cm³/mol. The summed E-state index contributed by atoms with van der Waals surface area (Å²) in [7, 11) is 0. The van der Waals surface area contributed by atoms with Gasteiger partial charge in [0, 0.05) is 22.1 Å². The zero-order valence-electron chi connectivity index (χ0n) is 11.3. The van der Waals surface area contributed by atoms with Gasteiger partial charge in [-0.15, -0.1) is 0 Å². The Bertz CT molecular complexity index is 765. The van der Waals surface area contributed by atoms with E-state index in [0.29, 0.717) is 11.1 Å². The largest absolute Gasteiger partial charge is 0.478 e. The Morgan fingerprint density at radius 1 is 1.23 bits per heavy atom. The molecule has 2 aromatic carbocycles. The van der Waals surface area contributed by atoms with E-state index < -0.39 is 11.0 Å². The minimum atomic E-state index is -1.93. The van der Waals surface area contributed by atoms with Crippen LogP contribution in [-0.2, 0) is 16.3 Å². The van der Waals surface area contributed by atoms with Gasteiger partial charge in [0.05, 0.1) is 0 Å². The molecule has 112 valence electrons. The first kappa shape index (κ1) is 15.1. The summed E-state index contributed by atoms with van der Waals surface area (Å²) < 4.78 is 0.830. The number of aliphatic carboxylic acids is 1. The van der Waals surface area contributed by atoms with Crippen LogP contribution in [-0.4, -0.2) is 21.9 Å². The SMILES string of the molecule is O=C1c2ccc(Br)cc2CN1C(Cl)(C(=O)O)c1ccccc1. The normalized spacial score (nSPS) is 16.3. The third-order valence-corrected chi connectivity index (χ3v) is 4.76. The van der Waals surface area contributed by atoms with Crippen molar-refractivity contribution in [3.05, 3.63) is 69.7 Å². The number of rotatable bonds is 3. The molecule has 0 fully saturated rings. The summed E-state index contributed by atoms with van der Waals surface area (Å²) in [6.45, 7) is 0.151. The minimum Gasteiger partial charge on any atom is -0.478 e. The molecular weight excluding hydrogens is 370 g/mol. The number of carboxylic acids is 1. The molecule has 0 spiro atoms. The van der Waals surface area contributed by atoms with Gasteiger partial charge < -0.3 is 10.0 Å². The summed E-state index contributed by atoms with van der Waals surface area (Å²) in [6, 6.07) is 13.6. The van der Waals surface area contributed by atoms with E-state index >= 15 is 0 Å². The highest BCUT2D eigenvalue weighted by Crippen LogP contribution is 2.40. The lowest BCUT2D eigenvalue weighted by atomic mass is 10.0. The monoisotopic (exact) mass is 379 g/mol. The number of hydrogen-bond donors (Lipinski definition) is 1. The van der Waals surface area contributed by atoms with Gasteiger partial charge in [-0.2, -0.15) is 0 Å². The number of alkyl halides is 1. The maximum atomic E-state index is 12.6. The second-order valence-corrected chi connectivity index (χ2v) is 6.45. The highest BCUT2D eigenvalue weighted by molar-refractivity contribution is 9.10. The van der Waals surface area contributed by atoms with Crippen LogP contribution in [0.2, 0.25) is 0 Å². The van der Waals surface area contributed by atoms with E-state index in [1.54, 1.807) is 48.5 Å². The van der Waals surface area contributed by atoms with Gasteiger partial charge in [-0.05, 0) is 23.8 Å². The van der Waals surface area contributed by atoms with Gasteiger partial charge in [0.1, 0.15) is 0 Å². The number of carbonyl (C=O) groups excluding carboxylic acids is 1. The van der Waals surface area contributed by atoms with E-state index in [1.807, 2.05) is 0 Å².